The number of aliphatic hydroxyl groups is 1. The molecule has 0 spiro atoms. The van der Waals surface area contributed by atoms with Crippen molar-refractivity contribution in [2.45, 2.75) is 26.3 Å². The molecule has 6 nitrogen and oxygen atoms in total. The number of anilines is 1. The van der Waals surface area contributed by atoms with E-state index in [0.29, 0.717) is 16.4 Å². The lowest BCUT2D eigenvalue weighted by molar-refractivity contribution is -0.132. The molecular weight excluding hydrogens is 496 g/mol. The van der Waals surface area contributed by atoms with Gasteiger partial charge in [0.15, 0.2) is 5.13 Å². The molecular formula is C28H23ClN2O4S. The molecule has 3 aromatic carbocycles. The molecule has 1 atom stereocenters. The summed E-state index contributed by atoms with van der Waals surface area (Å²) >= 11 is 7.74. The smallest absolute Gasteiger partial charge is 0.301 e. The fraction of sp³-hybridized carbons (Fsp3) is 0.179. The number of benzene rings is 3. The zero-order chi connectivity index (χ0) is 25.6. The number of Topliss-reactive ketones (excluding diaryl/α,β-unsaturated/α-hetero) is 1. The Bertz CT molecular complexity index is 1560. The molecule has 182 valence electrons. The number of methoxy groups -OCH3 is 1. The van der Waals surface area contributed by atoms with Gasteiger partial charge in [-0.2, -0.15) is 0 Å². The summed E-state index contributed by atoms with van der Waals surface area (Å²) in [6.07, 6.45) is 0.873. The third kappa shape index (κ3) is 4.04. The lowest BCUT2D eigenvalue weighted by Gasteiger charge is -2.23. The molecule has 4 aromatic rings. The lowest BCUT2D eigenvalue weighted by atomic mass is 9.94. The number of rotatable bonds is 5. The predicted molar refractivity (Wildman–Crippen MR) is 143 cm³/mol. The Morgan fingerprint density at radius 3 is 2.67 bits per heavy atom. The van der Waals surface area contributed by atoms with E-state index in [1.807, 2.05) is 49.4 Å². The molecule has 5 rings (SSSR count). The highest BCUT2D eigenvalue weighted by Crippen LogP contribution is 2.45. The number of carbonyl (C=O) groups is 2. The quantitative estimate of drug-likeness (QED) is 0.186. The number of hydrogen-bond acceptors (Lipinski definition) is 6. The zero-order valence-electron chi connectivity index (χ0n) is 19.9. The van der Waals surface area contributed by atoms with Crippen LogP contribution in [-0.4, -0.2) is 28.9 Å². The highest BCUT2D eigenvalue weighted by atomic mass is 35.5. The van der Waals surface area contributed by atoms with Crippen molar-refractivity contribution >= 4 is 55.7 Å². The van der Waals surface area contributed by atoms with Gasteiger partial charge in [0.05, 0.1) is 34.0 Å². The Hall–Kier alpha value is -3.68. The van der Waals surface area contributed by atoms with Gasteiger partial charge in [-0.3, -0.25) is 14.5 Å². The molecule has 0 aliphatic carbocycles. The molecule has 1 aromatic heterocycles. The Balaban J connectivity index is 1.74. The molecule has 2 heterocycles. The van der Waals surface area contributed by atoms with E-state index in [4.69, 9.17) is 16.3 Å². The molecule has 1 fully saturated rings. The minimum atomic E-state index is -0.877. The van der Waals surface area contributed by atoms with E-state index < -0.39 is 17.7 Å². The number of amides is 1. The van der Waals surface area contributed by atoms with Gasteiger partial charge >= 0.3 is 5.91 Å². The molecule has 0 bridgehead atoms. The van der Waals surface area contributed by atoms with Crippen molar-refractivity contribution in [1.29, 1.82) is 0 Å². The predicted octanol–water partition coefficient (Wildman–Crippen LogP) is 6.46. The molecule has 1 amide bonds. The average molecular weight is 519 g/mol. The van der Waals surface area contributed by atoms with Gasteiger partial charge in [-0.05, 0) is 54.8 Å². The Morgan fingerprint density at radius 1 is 1.14 bits per heavy atom. The monoisotopic (exact) mass is 518 g/mol. The van der Waals surface area contributed by atoms with Crippen LogP contribution in [0.3, 0.4) is 0 Å². The minimum absolute atomic E-state index is 0.0470. The number of carbonyl (C=O) groups excluding carboxylic acids is 2. The molecule has 0 saturated carbocycles. The van der Waals surface area contributed by atoms with Crippen LogP contribution in [0.4, 0.5) is 5.13 Å². The van der Waals surface area contributed by atoms with Crippen LogP contribution >= 0.6 is 22.9 Å². The van der Waals surface area contributed by atoms with E-state index in [0.717, 1.165) is 27.8 Å². The summed E-state index contributed by atoms with van der Waals surface area (Å²) < 4.78 is 6.20. The Kier molecular flexibility index (Phi) is 6.28. The van der Waals surface area contributed by atoms with Gasteiger partial charge in [-0.1, -0.05) is 65.8 Å². The second-order valence-corrected chi connectivity index (χ2v) is 10.00. The number of ketones is 1. The third-order valence-electron chi connectivity index (χ3n) is 6.29. The van der Waals surface area contributed by atoms with Gasteiger partial charge in [-0.15, -0.1) is 0 Å². The second-order valence-electron chi connectivity index (χ2n) is 8.58. The van der Waals surface area contributed by atoms with Crippen LogP contribution in [0.2, 0.25) is 5.02 Å². The number of nitrogens with zero attached hydrogens (tertiary/aromatic N) is 2. The molecule has 8 heteroatoms. The highest BCUT2D eigenvalue weighted by molar-refractivity contribution is 7.22. The number of aliphatic hydroxyl groups excluding tert-OH is 1. The third-order valence-corrected chi connectivity index (χ3v) is 7.63. The number of aromatic nitrogens is 1. The first-order chi connectivity index (χ1) is 17.3. The van der Waals surface area contributed by atoms with Crippen molar-refractivity contribution in [3.8, 4) is 5.75 Å². The van der Waals surface area contributed by atoms with Crippen LogP contribution in [0, 0.1) is 6.92 Å². The molecule has 1 N–H and O–H groups in total. The van der Waals surface area contributed by atoms with Crippen LogP contribution in [0.1, 0.15) is 35.2 Å². The number of hydrogen-bond donors (Lipinski definition) is 1. The maximum absolute atomic E-state index is 13.5. The first-order valence-corrected chi connectivity index (χ1v) is 12.6. The number of thiazole rings is 1. The first kappa shape index (κ1) is 24.0. The molecule has 0 radical (unpaired) electrons. The molecule has 1 aliphatic rings. The van der Waals surface area contributed by atoms with Gasteiger partial charge < -0.3 is 9.84 Å². The fourth-order valence-electron chi connectivity index (χ4n) is 4.42. The van der Waals surface area contributed by atoms with E-state index >= 15 is 0 Å². The normalized spacial score (nSPS) is 17.2. The maximum atomic E-state index is 13.5. The van der Waals surface area contributed by atoms with Crippen LogP contribution in [-0.2, 0) is 16.0 Å². The highest BCUT2D eigenvalue weighted by Gasteiger charge is 2.48. The summed E-state index contributed by atoms with van der Waals surface area (Å²) in [5.41, 5.74) is 3.70. The van der Waals surface area contributed by atoms with E-state index in [1.165, 1.54) is 23.3 Å². The molecule has 36 heavy (non-hydrogen) atoms. The summed E-state index contributed by atoms with van der Waals surface area (Å²) in [4.78, 5) is 33.0. The summed E-state index contributed by atoms with van der Waals surface area (Å²) in [5, 5.41) is 12.0. The standard InChI is InChI=1S/C28H23ClN2O4S/c1-4-16-8-11-21-22(13-16)36-28(30-21)31-24(17-7-5-6-15(2)12-17)23(26(33)27(31)34)25(32)19-14-18(35-3)9-10-20(19)29/h5-14,24,32H,4H2,1-3H3/b25-23+. The van der Waals surface area contributed by atoms with E-state index in [1.54, 1.807) is 18.2 Å². The van der Waals surface area contributed by atoms with Crippen molar-refractivity contribution in [2.24, 2.45) is 0 Å². The number of halogens is 1. The summed E-state index contributed by atoms with van der Waals surface area (Å²) in [6, 6.07) is 17.4. The number of aryl methyl sites for hydroxylation is 2. The van der Waals surface area contributed by atoms with Crippen molar-refractivity contribution in [2.75, 3.05) is 12.0 Å². The van der Waals surface area contributed by atoms with Crippen molar-refractivity contribution in [3.05, 3.63) is 93.5 Å². The van der Waals surface area contributed by atoms with Gasteiger partial charge in [-0.25, -0.2) is 4.98 Å². The largest absolute Gasteiger partial charge is 0.507 e. The summed E-state index contributed by atoms with van der Waals surface area (Å²) in [6.45, 7) is 4.00. The van der Waals surface area contributed by atoms with Gasteiger partial charge in [0.2, 0.25) is 0 Å². The van der Waals surface area contributed by atoms with E-state index in [9.17, 15) is 14.7 Å². The van der Waals surface area contributed by atoms with Gasteiger partial charge in [0, 0.05) is 5.56 Å². The van der Waals surface area contributed by atoms with Crippen molar-refractivity contribution in [3.63, 3.8) is 0 Å². The SMILES string of the molecule is CCc1ccc2nc(N3C(=O)C(=O)/C(=C(/O)c4cc(OC)ccc4Cl)C3c3cccc(C)c3)sc2c1. The van der Waals surface area contributed by atoms with Crippen LogP contribution in [0.5, 0.6) is 5.75 Å². The lowest BCUT2D eigenvalue weighted by Crippen LogP contribution is -2.29. The fourth-order valence-corrected chi connectivity index (χ4v) is 5.69. The Labute approximate surface area is 217 Å². The van der Waals surface area contributed by atoms with Crippen LogP contribution in [0.25, 0.3) is 16.0 Å². The molecule has 1 aliphatic heterocycles. The van der Waals surface area contributed by atoms with Crippen LogP contribution < -0.4 is 9.64 Å². The summed E-state index contributed by atoms with van der Waals surface area (Å²) in [7, 11) is 1.50. The van der Waals surface area contributed by atoms with Crippen molar-refractivity contribution in [1.82, 2.24) is 4.98 Å². The van der Waals surface area contributed by atoms with Gasteiger partial charge in [0.25, 0.3) is 5.78 Å². The number of fused-ring (bicyclic) bond motifs is 1. The average Bonchev–Trinajstić information content (AvgIpc) is 3.41. The van der Waals surface area contributed by atoms with E-state index in [2.05, 4.69) is 11.9 Å². The van der Waals surface area contributed by atoms with Crippen LogP contribution in [0.15, 0.2) is 66.2 Å². The zero-order valence-corrected chi connectivity index (χ0v) is 21.5. The molecule has 1 unspecified atom stereocenters. The topological polar surface area (TPSA) is 79.7 Å². The molecule has 1 saturated heterocycles. The van der Waals surface area contributed by atoms with Crippen molar-refractivity contribution < 1.29 is 19.4 Å². The maximum Gasteiger partial charge on any atom is 0.301 e. The summed E-state index contributed by atoms with van der Waals surface area (Å²) in [5.74, 6) is -1.45. The minimum Gasteiger partial charge on any atom is -0.507 e. The Morgan fingerprint density at radius 2 is 1.94 bits per heavy atom. The first-order valence-electron chi connectivity index (χ1n) is 11.4. The second kappa shape index (κ2) is 9.41. The number of ether oxygens (including phenoxy) is 1. The van der Waals surface area contributed by atoms with E-state index in [-0.39, 0.29) is 21.9 Å². The van der Waals surface area contributed by atoms with Gasteiger partial charge in [0.1, 0.15) is 11.5 Å².